The molecule has 2 aromatic carbocycles. The van der Waals surface area contributed by atoms with Crippen molar-refractivity contribution in [2.45, 2.75) is 37.3 Å². The molecule has 0 spiro atoms. The molecule has 1 aliphatic carbocycles. The van der Waals surface area contributed by atoms with Crippen LogP contribution in [0.1, 0.15) is 31.7 Å². The fourth-order valence-corrected chi connectivity index (χ4v) is 4.54. The highest BCUT2D eigenvalue weighted by atomic mass is 16.5. The number of carboxylic acid groups (broad SMARTS) is 1. The lowest BCUT2D eigenvalue weighted by atomic mass is 9.80. The number of rotatable bonds is 5. The molecule has 33 heavy (non-hydrogen) atoms. The van der Waals surface area contributed by atoms with Crippen molar-refractivity contribution in [1.82, 2.24) is 14.5 Å². The number of carbonyl (C=O) groups is 1. The van der Waals surface area contributed by atoms with Crippen LogP contribution in [-0.2, 0) is 4.79 Å². The Morgan fingerprint density at radius 1 is 1.03 bits per heavy atom. The van der Waals surface area contributed by atoms with Crippen LogP contribution in [0.15, 0.2) is 67.1 Å². The molecule has 0 aliphatic heterocycles. The summed E-state index contributed by atoms with van der Waals surface area (Å²) in [6, 6.07) is 17.5. The van der Waals surface area contributed by atoms with Crippen molar-refractivity contribution in [2.24, 2.45) is 5.73 Å². The number of hydrogen-bond acceptors (Lipinski definition) is 6. The summed E-state index contributed by atoms with van der Waals surface area (Å²) in [6.45, 7) is 0. The zero-order chi connectivity index (χ0) is 23.0. The van der Waals surface area contributed by atoms with Crippen LogP contribution < -0.4 is 16.2 Å². The van der Waals surface area contributed by atoms with Crippen LogP contribution >= 0.6 is 0 Å². The predicted octanol–water partition coefficient (Wildman–Crippen LogP) is 4.37. The van der Waals surface area contributed by atoms with Gasteiger partial charge in [-0.25, -0.2) is 9.97 Å². The number of hydrogen-bond donors (Lipinski definition) is 3. The average Bonchev–Trinajstić information content (AvgIpc) is 3.22. The molecular formula is C25H25N5O3. The molecular weight excluding hydrogens is 418 g/mol. The first-order valence-corrected chi connectivity index (χ1v) is 10.9. The number of anilines is 1. The molecule has 5 N–H and O–H groups in total. The highest BCUT2D eigenvalue weighted by Gasteiger charge is 2.39. The molecule has 1 aliphatic rings. The van der Waals surface area contributed by atoms with E-state index in [9.17, 15) is 9.90 Å². The third-order valence-corrected chi connectivity index (χ3v) is 6.45. The Labute approximate surface area is 190 Å². The van der Waals surface area contributed by atoms with Crippen molar-refractivity contribution in [2.75, 3.05) is 5.73 Å². The fourth-order valence-electron chi connectivity index (χ4n) is 4.54. The Balaban J connectivity index is 1.48. The molecule has 0 radical (unpaired) electrons. The van der Waals surface area contributed by atoms with E-state index in [0.717, 1.165) is 33.7 Å². The van der Waals surface area contributed by atoms with Crippen LogP contribution in [0.3, 0.4) is 0 Å². The van der Waals surface area contributed by atoms with Gasteiger partial charge in [0.1, 0.15) is 34.8 Å². The van der Waals surface area contributed by atoms with Gasteiger partial charge in [0.15, 0.2) is 0 Å². The molecule has 2 heterocycles. The topological polar surface area (TPSA) is 129 Å². The van der Waals surface area contributed by atoms with Gasteiger partial charge in [0.2, 0.25) is 0 Å². The molecule has 8 nitrogen and oxygen atoms in total. The number of nitrogen functional groups attached to an aromatic ring is 1. The van der Waals surface area contributed by atoms with Crippen molar-refractivity contribution in [3.8, 4) is 22.6 Å². The van der Waals surface area contributed by atoms with Crippen LogP contribution in [0.4, 0.5) is 5.82 Å². The Morgan fingerprint density at radius 2 is 1.70 bits per heavy atom. The third-order valence-electron chi connectivity index (χ3n) is 6.45. The molecule has 0 bridgehead atoms. The van der Waals surface area contributed by atoms with Crippen molar-refractivity contribution < 1.29 is 14.6 Å². The van der Waals surface area contributed by atoms with E-state index < -0.39 is 11.5 Å². The van der Waals surface area contributed by atoms with Gasteiger partial charge in [0, 0.05) is 17.8 Å². The van der Waals surface area contributed by atoms with E-state index in [0.29, 0.717) is 31.5 Å². The van der Waals surface area contributed by atoms with E-state index in [4.69, 9.17) is 16.2 Å². The first-order valence-electron chi connectivity index (χ1n) is 10.9. The lowest BCUT2D eigenvalue weighted by molar-refractivity contribution is -0.144. The number of nitrogens with zero attached hydrogens (tertiary/aromatic N) is 3. The van der Waals surface area contributed by atoms with E-state index in [1.165, 1.54) is 6.33 Å². The summed E-state index contributed by atoms with van der Waals surface area (Å²) < 4.78 is 8.00. The number of aromatic nitrogens is 3. The molecule has 2 aromatic heterocycles. The summed E-state index contributed by atoms with van der Waals surface area (Å²) >= 11 is 0. The summed E-state index contributed by atoms with van der Waals surface area (Å²) in [5.41, 5.74) is 13.8. The second-order valence-electron chi connectivity index (χ2n) is 8.54. The smallest absolute Gasteiger partial charge is 0.323 e. The van der Waals surface area contributed by atoms with Gasteiger partial charge >= 0.3 is 5.97 Å². The number of fused-ring (bicyclic) bond motifs is 1. The molecule has 8 heteroatoms. The summed E-state index contributed by atoms with van der Waals surface area (Å²) in [5.74, 6) is 0.976. The quantitative estimate of drug-likeness (QED) is 0.418. The van der Waals surface area contributed by atoms with Crippen LogP contribution in [0, 0.1) is 0 Å². The van der Waals surface area contributed by atoms with Gasteiger partial charge in [-0.3, -0.25) is 4.79 Å². The normalized spacial score (nSPS) is 20.6. The van der Waals surface area contributed by atoms with Crippen molar-refractivity contribution >= 4 is 22.8 Å². The summed E-state index contributed by atoms with van der Waals surface area (Å²) in [5, 5.41) is 10.2. The number of nitrogens with two attached hydrogens (primary N) is 2. The summed E-state index contributed by atoms with van der Waals surface area (Å²) in [4.78, 5) is 20.2. The SMILES string of the molecule is Nc1ncnc2c1c(-c1ccc(Oc3ccccc3)cc1)cn2[C@H]1CC[C@@](N)(C(=O)O)CC1. The first-order chi connectivity index (χ1) is 15.9. The molecule has 0 amide bonds. The van der Waals surface area contributed by atoms with Gasteiger partial charge in [-0.2, -0.15) is 0 Å². The van der Waals surface area contributed by atoms with Gasteiger partial charge in [-0.15, -0.1) is 0 Å². The number of benzene rings is 2. The number of para-hydroxylation sites is 1. The van der Waals surface area contributed by atoms with Crippen molar-refractivity contribution in [1.29, 1.82) is 0 Å². The standard InChI is InChI=1S/C25H25N5O3/c26-22-21-20(16-6-8-19(9-7-16)33-18-4-2-1-3-5-18)14-30(23(21)29-15-28-22)17-10-12-25(27,13-11-17)24(31)32/h1-9,14-15,17H,10-13,27H2,(H,31,32)(H2,26,28,29)/t17-,25-. The van der Waals surface area contributed by atoms with Crippen LogP contribution in [0.5, 0.6) is 11.5 Å². The van der Waals surface area contributed by atoms with Gasteiger partial charge in [0.05, 0.1) is 5.39 Å². The maximum atomic E-state index is 11.5. The minimum Gasteiger partial charge on any atom is -0.480 e. The Morgan fingerprint density at radius 3 is 2.36 bits per heavy atom. The molecule has 1 fully saturated rings. The minimum atomic E-state index is -1.16. The van der Waals surface area contributed by atoms with Gasteiger partial charge in [0.25, 0.3) is 0 Å². The highest BCUT2D eigenvalue weighted by Crippen LogP contribution is 2.40. The average molecular weight is 444 g/mol. The second kappa shape index (κ2) is 8.22. The van der Waals surface area contributed by atoms with Gasteiger partial charge in [-0.05, 0) is 55.5 Å². The zero-order valence-corrected chi connectivity index (χ0v) is 18.0. The summed E-state index contributed by atoms with van der Waals surface area (Å²) in [6.07, 6.45) is 5.63. The van der Waals surface area contributed by atoms with Crippen molar-refractivity contribution in [3.05, 3.63) is 67.1 Å². The van der Waals surface area contributed by atoms with Gasteiger partial charge in [-0.1, -0.05) is 30.3 Å². The Hall–Kier alpha value is -3.91. The number of ether oxygens (including phenoxy) is 1. The monoisotopic (exact) mass is 443 g/mol. The van der Waals surface area contributed by atoms with Crippen LogP contribution in [0.2, 0.25) is 0 Å². The van der Waals surface area contributed by atoms with E-state index in [1.807, 2.05) is 60.8 Å². The lowest BCUT2D eigenvalue weighted by Gasteiger charge is -2.34. The molecule has 5 rings (SSSR count). The lowest BCUT2D eigenvalue weighted by Crippen LogP contribution is -2.50. The largest absolute Gasteiger partial charge is 0.480 e. The third kappa shape index (κ3) is 3.89. The number of carboxylic acids is 1. The maximum absolute atomic E-state index is 11.5. The molecule has 168 valence electrons. The van der Waals surface area contributed by atoms with Crippen molar-refractivity contribution in [3.63, 3.8) is 0 Å². The highest BCUT2D eigenvalue weighted by molar-refractivity contribution is 6.00. The van der Waals surface area contributed by atoms with E-state index >= 15 is 0 Å². The van der Waals surface area contributed by atoms with E-state index in [-0.39, 0.29) is 6.04 Å². The van der Waals surface area contributed by atoms with Gasteiger partial charge < -0.3 is 25.9 Å². The molecule has 0 unspecified atom stereocenters. The minimum absolute atomic E-state index is 0.0901. The first kappa shape index (κ1) is 21.0. The van der Waals surface area contributed by atoms with E-state index in [2.05, 4.69) is 14.5 Å². The molecule has 0 atom stereocenters. The number of aliphatic carboxylic acids is 1. The van der Waals surface area contributed by atoms with E-state index in [1.54, 1.807) is 0 Å². The molecule has 1 saturated carbocycles. The predicted molar refractivity (Wildman–Crippen MR) is 126 cm³/mol. The zero-order valence-electron chi connectivity index (χ0n) is 18.0. The molecule has 4 aromatic rings. The molecule has 0 saturated heterocycles. The fraction of sp³-hybridized carbons (Fsp3) is 0.240. The Kier molecular flexibility index (Phi) is 5.22. The maximum Gasteiger partial charge on any atom is 0.323 e. The summed E-state index contributed by atoms with van der Waals surface area (Å²) in [7, 11) is 0. The van der Waals surface area contributed by atoms with Crippen LogP contribution in [0.25, 0.3) is 22.2 Å². The Bertz CT molecular complexity index is 1290. The second-order valence-corrected chi connectivity index (χ2v) is 8.54. The van der Waals surface area contributed by atoms with Crippen LogP contribution in [-0.4, -0.2) is 31.1 Å².